The minimum Gasteiger partial charge on any atom is -0.332 e. The fourth-order valence-corrected chi connectivity index (χ4v) is 3.93. The van der Waals surface area contributed by atoms with Crippen molar-refractivity contribution in [2.45, 2.75) is 6.54 Å². The molecule has 0 saturated heterocycles. The van der Waals surface area contributed by atoms with E-state index in [0.29, 0.717) is 10.5 Å². The fourth-order valence-electron chi connectivity index (χ4n) is 2.70. The minimum atomic E-state index is 0.622. The lowest BCUT2D eigenvalue weighted by atomic mass is 10.2. The molecule has 0 amide bonds. The van der Waals surface area contributed by atoms with Crippen molar-refractivity contribution in [1.82, 2.24) is 9.55 Å². The second-order valence-electron chi connectivity index (χ2n) is 5.09. The van der Waals surface area contributed by atoms with E-state index in [-0.39, 0.29) is 0 Å². The van der Waals surface area contributed by atoms with E-state index in [4.69, 9.17) is 18.8 Å². The average Bonchev–Trinajstić information content (AvgIpc) is 3.09. The predicted octanol–water partition coefficient (Wildman–Crippen LogP) is 5.51. The highest BCUT2D eigenvalue weighted by molar-refractivity contribution is 7.71. The van der Waals surface area contributed by atoms with Crippen LogP contribution in [0.15, 0.2) is 47.8 Å². The molecule has 0 fully saturated rings. The second kappa shape index (κ2) is 5.09. The molecule has 5 heteroatoms. The molecule has 2 aromatic carbocycles. The molecule has 0 aliphatic heterocycles. The van der Waals surface area contributed by atoms with Crippen molar-refractivity contribution < 1.29 is 0 Å². The van der Waals surface area contributed by atoms with Crippen molar-refractivity contribution in [3.05, 3.63) is 69.6 Å². The molecule has 22 heavy (non-hydrogen) atoms. The molecule has 0 radical (unpaired) electrons. The number of hydrogen-bond donors (Lipinski definition) is 1. The van der Waals surface area contributed by atoms with E-state index < -0.39 is 0 Å². The van der Waals surface area contributed by atoms with Gasteiger partial charge in [-0.25, -0.2) is 4.85 Å². The summed E-state index contributed by atoms with van der Waals surface area (Å²) < 4.78 is 4.07. The summed E-state index contributed by atoms with van der Waals surface area (Å²) in [6.45, 7) is 7.84. The van der Waals surface area contributed by atoms with Gasteiger partial charge in [0.25, 0.3) is 0 Å². The Morgan fingerprint density at radius 1 is 1.23 bits per heavy atom. The largest absolute Gasteiger partial charge is 0.332 e. The number of thiophene rings is 1. The standard InChI is InChI=1S/C17H11N3S2/c1-18-12-6-7-15-14(8-12)19-17(21)20(15)9-11-10-22-16-5-3-2-4-13(11)16/h2-8,10H,9H2,(H,19,21). The molecule has 3 nitrogen and oxygen atoms in total. The molecule has 0 atom stereocenters. The Bertz CT molecular complexity index is 1090. The van der Waals surface area contributed by atoms with Crippen molar-refractivity contribution in [2.75, 3.05) is 0 Å². The number of H-pyrrole nitrogens is 1. The van der Waals surface area contributed by atoms with Gasteiger partial charge in [-0.05, 0) is 46.7 Å². The highest BCUT2D eigenvalue weighted by Gasteiger charge is 2.09. The molecule has 0 unspecified atom stereocenters. The molecule has 0 saturated carbocycles. The van der Waals surface area contributed by atoms with Gasteiger partial charge >= 0.3 is 0 Å². The second-order valence-corrected chi connectivity index (χ2v) is 6.38. The molecule has 4 rings (SSSR count). The zero-order valence-corrected chi connectivity index (χ0v) is 13.2. The summed E-state index contributed by atoms with van der Waals surface area (Å²) in [7, 11) is 0. The summed E-state index contributed by atoms with van der Waals surface area (Å²) >= 11 is 7.22. The summed E-state index contributed by atoms with van der Waals surface area (Å²) in [6, 6.07) is 14.1. The monoisotopic (exact) mass is 321 g/mol. The number of nitrogens with zero attached hydrogens (tertiary/aromatic N) is 2. The zero-order valence-electron chi connectivity index (χ0n) is 11.5. The van der Waals surface area contributed by atoms with E-state index in [1.165, 1.54) is 15.6 Å². The Hall–Kier alpha value is -2.42. The van der Waals surface area contributed by atoms with Crippen LogP contribution in [0.25, 0.3) is 26.0 Å². The van der Waals surface area contributed by atoms with Crippen LogP contribution >= 0.6 is 23.6 Å². The number of imidazole rings is 1. The molecule has 0 spiro atoms. The zero-order chi connectivity index (χ0) is 15.1. The SMILES string of the molecule is [C-]#[N+]c1ccc2c(c1)[nH]c(=S)n2Cc1csc2ccccc12. The van der Waals surface area contributed by atoms with Crippen LogP contribution in [0.5, 0.6) is 0 Å². The van der Waals surface area contributed by atoms with E-state index >= 15 is 0 Å². The molecule has 2 aromatic heterocycles. The Balaban J connectivity index is 1.86. The van der Waals surface area contributed by atoms with Gasteiger partial charge in [0.2, 0.25) is 0 Å². The molecule has 4 aromatic rings. The fraction of sp³-hybridized carbons (Fsp3) is 0.0588. The van der Waals surface area contributed by atoms with Crippen LogP contribution in [0.4, 0.5) is 5.69 Å². The highest BCUT2D eigenvalue weighted by atomic mass is 32.1. The van der Waals surface area contributed by atoms with Gasteiger partial charge in [-0.1, -0.05) is 24.3 Å². The molecular formula is C17H11N3S2. The highest BCUT2D eigenvalue weighted by Crippen LogP contribution is 2.28. The summed E-state index contributed by atoms with van der Waals surface area (Å²) in [5, 5.41) is 3.47. The smallest absolute Gasteiger partial charge is 0.189 e. The van der Waals surface area contributed by atoms with Crippen LogP contribution < -0.4 is 0 Å². The predicted molar refractivity (Wildman–Crippen MR) is 94.3 cm³/mol. The molecule has 0 aliphatic rings. The topological polar surface area (TPSA) is 25.1 Å². The molecule has 1 N–H and O–H groups in total. The Labute approximate surface area is 136 Å². The van der Waals surface area contributed by atoms with Gasteiger partial charge in [0.15, 0.2) is 10.5 Å². The van der Waals surface area contributed by atoms with Gasteiger partial charge in [0, 0.05) is 4.70 Å². The van der Waals surface area contributed by atoms with Gasteiger partial charge in [0.05, 0.1) is 24.2 Å². The van der Waals surface area contributed by atoms with Gasteiger partial charge in [-0.3, -0.25) is 0 Å². The third-order valence-electron chi connectivity index (χ3n) is 3.78. The number of fused-ring (bicyclic) bond motifs is 2. The first-order valence-corrected chi connectivity index (χ1v) is 8.10. The summed E-state index contributed by atoms with van der Waals surface area (Å²) in [5.41, 5.74) is 3.84. The van der Waals surface area contributed by atoms with E-state index in [1.54, 1.807) is 11.3 Å². The maximum Gasteiger partial charge on any atom is 0.189 e. The van der Waals surface area contributed by atoms with Crippen LogP contribution in [0.1, 0.15) is 5.56 Å². The van der Waals surface area contributed by atoms with Crippen molar-refractivity contribution >= 4 is 50.4 Å². The number of benzene rings is 2. The molecule has 0 aliphatic carbocycles. The number of nitrogens with one attached hydrogen (secondary N) is 1. The first kappa shape index (κ1) is 13.3. The van der Waals surface area contributed by atoms with E-state index in [9.17, 15) is 0 Å². The van der Waals surface area contributed by atoms with E-state index in [0.717, 1.165) is 17.6 Å². The Kier molecular flexibility index (Phi) is 3.07. The molecule has 106 valence electrons. The summed E-state index contributed by atoms with van der Waals surface area (Å²) in [5.74, 6) is 0. The lowest BCUT2D eigenvalue weighted by molar-refractivity contribution is 0.818. The van der Waals surface area contributed by atoms with Gasteiger partial charge in [0.1, 0.15) is 0 Å². The third-order valence-corrected chi connectivity index (χ3v) is 5.11. The molecular weight excluding hydrogens is 310 g/mol. The Morgan fingerprint density at radius 2 is 2.09 bits per heavy atom. The van der Waals surface area contributed by atoms with Crippen molar-refractivity contribution in [2.24, 2.45) is 0 Å². The van der Waals surface area contributed by atoms with Crippen LogP contribution in [0, 0.1) is 11.3 Å². The number of aromatic amines is 1. The maximum absolute atomic E-state index is 7.11. The van der Waals surface area contributed by atoms with Gasteiger partial charge in [-0.2, -0.15) is 0 Å². The summed E-state index contributed by atoms with van der Waals surface area (Å²) in [4.78, 5) is 6.66. The van der Waals surface area contributed by atoms with Crippen molar-refractivity contribution in [3.63, 3.8) is 0 Å². The average molecular weight is 321 g/mol. The van der Waals surface area contributed by atoms with Crippen molar-refractivity contribution in [3.8, 4) is 0 Å². The van der Waals surface area contributed by atoms with Crippen molar-refractivity contribution in [1.29, 1.82) is 0 Å². The van der Waals surface area contributed by atoms with E-state index in [1.807, 2.05) is 18.2 Å². The first-order valence-electron chi connectivity index (χ1n) is 6.81. The number of hydrogen-bond acceptors (Lipinski definition) is 2. The quantitative estimate of drug-likeness (QED) is 0.382. The van der Waals surface area contributed by atoms with E-state index in [2.05, 4.69) is 44.0 Å². The number of rotatable bonds is 2. The van der Waals surface area contributed by atoms with Gasteiger partial charge < -0.3 is 9.55 Å². The maximum atomic E-state index is 7.11. The lowest BCUT2D eigenvalue weighted by Crippen LogP contribution is -1.98. The normalized spacial score (nSPS) is 11.0. The molecule has 0 bridgehead atoms. The summed E-state index contributed by atoms with van der Waals surface area (Å²) in [6.07, 6.45) is 0. The van der Waals surface area contributed by atoms with Crippen LogP contribution in [0.2, 0.25) is 0 Å². The first-order chi connectivity index (χ1) is 10.8. The van der Waals surface area contributed by atoms with Gasteiger partial charge in [-0.15, -0.1) is 11.3 Å². The van der Waals surface area contributed by atoms with Crippen LogP contribution in [-0.4, -0.2) is 9.55 Å². The number of aromatic nitrogens is 2. The van der Waals surface area contributed by atoms with Crippen LogP contribution in [0.3, 0.4) is 0 Å². The molecule has 2 heterocycles. The lowest BCUT2D eigenvalue weighted by Gasteiger charge is -2.04. The minimum absolute atomic E-state index is 0.622. The third kappa shape index (κ3) is 2.05. The Morgan fingerprint density at radius 3 is 2.95 bits per heavy atom. The van der Waals surface area contributed by atoms with Crippen LogP contribution in [-0.2, 0) is 6.54 Å².